The molecule has 0 aromatic heterocycles. The van der Waals surface area contributed by atoms with Crippen LogP contribution in [0.2, 0.25) is 0 Å². The van der Waals surface area contributed by atoms with Crippen LogP contribution in [0.4, 0.5) is 13.2 Å². The Bertz CT molecular complexity index is 581. The molecule has 5 nitrogen and oxygen atoms in total. The summed E-state index contributed by atoms with van der Waals surface area (Å²) >= 11 is 0. The van der Waals surface area contributed by atoms with Crippen LogP contribution in [0.15, 0.2) is 29.3 Å². The first-order valence-electron chi connectivity index (χ1n) is 8.84. The third-order valence-corrected chi connectivity index (χ3v) is 4.21. The van der Waals surface area contributed by atoms with Gasteiger partial charge in [-0.1, -0.05) is 12.1 Å². The van der Waals surface area contributed by atoms with Gasteiger partial charge in [0, 0.05) is 39.3 Å². The molecule has 27 heavy (non-hydrogen) atoms. The summed E-state index contributed by atoms with van der Waals surface area (Å²) in [5.41, 5.74) is 0.282. The first-order valence-corrected chi connectivity index (χ1v) is 8.84. The van der Waals surface area contributed by atoms with Crippen molar-refractivity contribution in [3.63, 3.8) is 0 Å². The summed E-state index contributed by atoms with van der Waals surface area (Å²) in [7, 11) is 1.64. The number of halogens is 4. The van der Waals surface area contributed by atoms with Gasteiger partial charge in [-0.25, -0.2) is 0 Å². The highest BCUT2D eigenvalue weighted by Crippen LogP contribution is 2.29. The minimum Gasteiger partial charge on any atom is -0.383 e. The third-order valence-electron chi connectivity index (χ3n) is 4.21. The lowest BCUT2D eigenvalue weighted by molar-refractivity contribution is -0.137. The van der Waals surface area contributed by atoms with Crippen LogP contribution in [0, 0.1) is 0 Å². The Morgan fingerprint density at radius 1 is 1.30 bits per heavy atom. The minimum absolute atomic E-state index is 0. The monoisotopic (exact) mass is 500 g/mol. The van der Waals surface area contributed by atoms with E-state index in [1.54, 1.807) is 19.2 Å². The van der Waals surface area contributed by atoms with E-state index >= 15 is 0 Å². The molecule has 9 heteroatoms. The van der Waals surface area contributed by atoms with Crippen molar-refractivity contribution in [2.45, 2.75) is 32.1 Å². The van der Waals surface area contributed by atoms with Crippen molar-refractivity contribution in [1.82, 2.24) is 15.5 Å². The zero-order valence-corrected chi connectivity index (χ0v) is 18.0. The van der Waals surface area contributed by atoms with Crippen molar-refractivity contribution in [1.29, 1.82) is 0 Å². The predicted molar refractivity (Wildman–Crippen MR) is 112 cm³/mol. The van der Waals surface area contributed by atoms with Gasteiger partial charge in [0.05, 0.1) is 18.7 Å². The van der Waals surface area contributed by atoms with Crippen LogP contribution in [0.5, 0.6) is 0 Å². The molecule has 0 saturated carbocycles. The number of rotatable bonds is 7. The quantitative estimate of drug-likeness (QED) is 0.262. The lowest BCUT2D eigenvalue weighted by Crippen LogP contribution is -2.44. The SMILES string of the molecule is CCNC(=NCCOC)NC1CCN(Cc2ccc(C(F)(F)F)cc2)C1.I. The number of hydrogen-bond donors (Lipinski definition) is 2. The van der Waals surface area contributed by atoms with E-state index in [-0.39, 0.29) is 30.0 Å². The lowest BCUT2D eigenvalue weighted by Gasteiger charge is -2.19. The van der Waals surface area contributed by atoms with Crippen LogP contribution in [-0.2, 0) is 17.5 Å². The third kappa shape index (κ3) is 8.22. The Balaban J connectivity index is 0.00000364. The minimum atomic E-state index is -4.29. The highest BCUT2D eigenvalue weighted by molar-refractivity contribution is 14.0. The summed E-state index contributed by atoms with van der Waals surface area (Å²) in [6.07, 6.45) is -3.32. The zero-order valence-electron chi connectivity index (χ0n) is 15.7. The van der Waals surface area contributed by atoms with E-state index in [2.05, 4.69) is 20.5 Å². The van der Waals surface area contributed by atoms with E-state index in [9.17, 15) is 13.2 Å². The number of guanidine groups is 1. The zero-order chi connectivity index (χ0) is 19.0. The second kappa shape index (κ2) is 11.7. The van der Waals surface area contributed by atoms with E-state index < -0.39 is 11.7 Å². The number of alkyl halides is 3. The summed E-state index contributed by atoms with van der Waals surface area (Å²) in [5.74, 6) is 0.769. The summed E-state index contributed by atoms with van der Waals surface area (Å²) in [6, 6.07) is 5.67. The maximum Gasteiger partial charge on any atom is 0.416 e. The largest absolute Gasteiger partial charge is 0.416 e. The van der Waals surface area contributed by atoms with Crippen molar-refractivity contribution in [2.24, 2.45) is 4.99 Å². The fourth-order valence-electron chi connectivity index (χ4n) is 2.91. The molecule has 1 aliphatic heterocycles. The fraction of sp³-hybridized carbons (Fsp3) is 0.611. The number of nitrogens with one attached hydrogen (secondary N) is 2. The fourth-order valence-corrected chi connectivity index (χ4v) is 2.91. The molecule has 1 aromatic carbocycles. The second-order valence-electron chi connectivity index (χ2n) is 6.31. The number of methoxy groups -OCH3 is 1. The second-order valence-corrected chi connectivity index (χ2v) is 6.31. The van der Waals surface area contributed by atoms with Gasteiger partial charge in [0.15, 0.2) is 5.96 Å². The number of aliphatic imine (C=N–C) groups is 1. The van der Waals surface area contributed by atoms with Crippen molar-refractivity contribution >= 4 is 29.9 Å². The van der Waals surface area contributed by atoms with Crippen LogP contribution in [0.25, 0.3) is 0 Å². The van der Waals surface area contributed by atoms with E-state index in [4.69, 9.17) is 4.74 Å². The highest BCUT2D eigenvalue weighted by Gasteiger charge is 2.30. The van der Waals surface area contributed by atoms with Crippen LogP contribution in [0.1, 0.15) is 24.5 Å². The molecule has 1 aromatic rings. The van der Waals surface area contributed by atoms with Gasteiger partial charge in [0.1, 0.15) is 0 Å². The van der Waals surface area contributed by atoms with Crippen LogP contribution >= 0.6 is 24.0 Å². The summed E-state index contributed by atoms with van der Waals surface area (Å²) < 4.78 is 42.9. The Kier molecular flexibility index (Phi) is 10.4. The van der Waals surface area contributed by atoms with Crippen molar-refractivity contribution in [3.8, 4) is 0 Å². The van der Waals surface area contributed by atoms with Crippen molar-refractivity contribution in [3.05, 3.63) is 35.4 Å². The van der Waals surface area contributed by atoms with Crippen molar-refractivity contribution in [2.75, 3.05) is 39.9 Å². The molecular formula is C18H28F3IN4O. The first kappa shape index (κ1) is 24.0. The van der Waals surface area contributed by atoms with Gasteiger partial charge in [-0.05, 0) is 31.0 Å². The molecule has 1 atom stereocenters. The van der Waals surface area contributed by atoms with E-state index in [0.29, 0.717) is 19.7 Å². The molecule has 0 spiro atoms. The van der Waals surface area contributed by atoms with Crippen LogP contribution < -0.4 is 10.6 Å². The van der Waals surface area contributed by atoms with Crippen LogP contribution in [0.3, 0.4) is 0 Å². The van der Waals surface area contributed by atoms with Crippen LogP contribution in [-0.4, -0.2) is 56.8 Å². The number of ether oxygens (including phenoxy) is 1. The van der Waals surface area contributed by atoms with E-state index in [1.807, 2.05) is 6.92 Å². The first-order chi connectivity index (χ1) is 12.4. The summed E-state index contributed by atoms with van der Waals surface area (Å²) in [4.78, 5) is 6.69. The predicted octanol–water partition coefficient (Wildman–Crippen LogP) is 3.10. The lowest BCUT2D eigenvalue weighted by atomic mass is 10.1. The van der Waals surface area contributed by atoms with Gasteiger partial charge in [-0.3, -0.25) is 9.89 Å². The average molecular weight is 500 g/mol. The Morgan fingerprint density at radius 2 is 2.00 bits per heavy atom. The number of benzene rings is 1. The molecule has 0 aliphatic carbocycles. The molecule has 1 fully saturated rings. The summed E-state index contributed by atoms with van der Waals surface area (Å²) in [6.45, 7) is 6.33. The van der Waals surface area contributed by atoms with E-state index in [0.717, 1.165) is 49.7 Å². The number of hydrogen-bond acceptors (Lipinski definition) is 3. The summed E-state index contributed by atoms with van der Waals surface area (Å²) in [5, 5.41) is 6.63. The maximum absolute atomic E-state index is 12.6. The van der Waals surface area contributed by atoms with Gasteiger partial charge in [-0.2, -0.15) is 13.2 Å². The molecule has 154 valence electrons. The molecule has 1 saturated heterocycles. The Labute approximate surface area is 175 Å². The number of likely N-dealkylation sites (tertiary alicyclic amines) is 1. The maximum atomic E-state index is 12.6. The van der Waals surface area contributed by atoms with Crippen molar-refractivity contribution < 1.29 is 17.9 Å². The molecule has 1 unspecified atom stereocenters. The normalized spacial score (nSPS) is 18.3. The highest BCUT2D eigenvalue weighted by atomic mass is 127. The molecule has 2 rings (SSSR count). The smallest absolute Gasteiger partial charge is 0.383 e. The molecule has 1 aliphatic rings. The average Bonchev–Trinajstić information content (AvgIpc) is 3.02. The molecular weight excluding hydrogens is 472 g/mol. The van der Waals surface area contributed by atoms with Gasteiger partial charge >= 0.3 is 6.18 Å². The molecule has 1 heterocycles. The molecule has 0 amide bonds. The Hall–Kier alpha value is -1.07. The molecule has 2 N–H and O–H groups in total. The van der Waals surface area contributed by atoms with Gasteiger partial charge < -0.3 is 15.4 Å². The Morgan fingerprint density at radius 3 is 2.59 bits per heavy atom. The number of nitrogens with zero attached hydrogens (tertiary/aromatic N) is 2. The molecule has 0 bridgehead atoms. The molecule has 0 radical (unpaired) electrons. The van der Waals surface area contributed by atoms with Gasteiger partial charge in [0.2, 0.25) is 0 Å². The topological polar surface area (TPSA) is 48.9 Å². The van der Waals surface area contributed by atoms with Gasteiger partial charge in [0.25, 0.3) is 0 Å². The van der Waals surface area contributed by atoms with E-state index in [1.165, 1.54) is 0 Å². The standard InChI is InChI=1S/C18H27F3N4O.HI/c1-3-22-17(23-9-11-26-2)24-16-8-10-25(13-16)12-14-4-6-15(7-5-14)18(19,20)21;/h4-7,16H,3,8-13H2,1-2H3,(H2,22,23,24);1H. The van der Waals surface area contributed by atoms with Gasteiger partial charge in [-0.15, -0.1) is 24.0 Å².